The van der Waals surface area contributed by atoms with E-state index in [0.29, 0.717) is 19.6 Å². The second-order valence-corrected chi connectivity index (χ2v) is 8.37. The third-order valence-electron chi connectivity index (χ3n) is 6.43. The average Bonchev–Trinajstić information content (AvgIpc) is 3.46. The lowest BCUT2D eigenvalue weighted by molar-refractivity contribution is -0.143. The summed E-state index contributed by atoms with van der Waals surface area (Å²) in [6, 6.07) is 6.11. The summed E-state index contributed by atoms with van der Waals surface area (Å²) in [5, 5.41) is 0. The molecule has 1 spiro atoms. The Morgan fingerprint density at radius 2 is 2.13 bits per heavy atom. The number of aromatic nitrogens is 2. The van der Waals surface area contributed by atoms with Crippen LogP contribution in [0.4, 0.5) is 4.39 Å². The molecule has 30 heavy (non-hydrogen) atoms. The maximum atomic E-state index is 13.3. The number of rotatable bonds is 5. The van der Waals surface area contributed by atoms with Crippen LogP contribution in [0.2, 0.25) is 0 Å². The first-order chi connectivity index (χ1) is 14.4. The van der Waals surface area contributed by atoms with E-state index < -0.39 is 17.4 Å². The third-order valence-corrected chi connectivity index (χ3v) is 6.43. The third kappa shape index (κ3) is 2.86. The number of fused-ring (bicyclic) bond motifs is 1. The highest BCUT2D eigenvalue weighted by atomic mass is 19.1. The number of hydrogen-bond acceptors (Lipinski definition) is 4. The molecule has 0 aliphatic carbocycles. The number of likely N-dealkylation sites (tertiary alicyclic amines) is 1. The number of benzene rings is 1. The molecule has 4 heterocycles. The molecule has 2 saturated heterocycles. The van der Waals surface area contributed by atoms with Gasteiger partial charge in [-0.3, -0.25) is 9.59 Å². The van der Waals surface area contributed by atoms with Crippen molar-refractivity contribution < 1.29 is 18.7 Å². The highest BCUT2D eigenvalue weighted by molar-refractivity contribution is 5.93. The quantitative estimate of drug-likeness (QED) is 0.701. The number of amides is 2. The number of halogens is 1. The van der Waals surface area contributed by atoms with Crippen LogP contribution in [0.15, 0.2) is 48.8 Å². The number of aryl methyl sites for hydroxylation is 1. The van der Waals surface area contributed by atoms with Crippen molar-refractivity contribution in [2.75, 3.05) is 13.6 Å². The minimum atomic E-state index is -0.758. The van der Waals surface area contributed by atoms with Gasteiger partial charge in [0.05, 0.1) is 31.0 Å². The van der Waals surface area contributed by atoms with Gasteiger partial charge in [0.25, 0.3) is 0 Å². The van der Waals surface area contributed by atoms with Gasteiger partial charge in [-0.05, 0) is 17.7 Å². The van der Waals surface area contributed by atoms with Crippen LogP contribution >= 0.6 is 0 Å². The molecule has 2 unspecified atom stereocenters. The summed E-state index contributed by atoms with van der Waals surface area (Å²) >= 11 is 0. The first-order valence-corrected chi connectivity index (χ1v) is 9.99. The Labute approximate surface area is 173 Å². The van der Waals surface area contributed by atoms with Gasteiger partial charge in [-0.2, -0.15) is 0 Å². The molecule has 5 rings (SSSR count). The first-order valence-electron chi connectivity index (χ1n) is 9.99. The van der Waals surface area contributed by atoms with Gasteiger partial charge in [0, 0.05) is 33.0 Å². The maximum Gasteiger partial charge on any atom is 0.230 e. The summed E-state index contributed by atoms with van der Waals surface area (Å²) in [4.78, 5) is 34.2. The van der Waals surface area contributed by atoms with Crippen molar-refractivity contribution >= 4 is 11.8 Å². The lowest BCUT2D eigenvalue weighted by Gasteiger charge is -2.27. The van der Waals surface area contributed by atoms with Gasteiger partial charge < -0.3 is 19.1 Å². The fourth-order valence-electron chi connectivity index (χ4n) is 4.90. The zero-order valence-electron chi connectivity index (χ0n) is 16.9. The van der Waals surface area contributed by atoms with Crippen molar-refractivity contribution in [3.8, 4) is 0 Å². The fourth-order valence-corrected chi connectivity index (χ4v) is 4.90. The minimum Gasteiger partial charge on any atom is -0.360 e. The van der Waals surface area contributed by atoms with E-state index in [0.717, 1.165) is 11.4 Å². The summed E-state index contributed by atoms with van der Waals surface area (Å²) < 4.78 is 21.3. The summed E-state index contributed by atoms with van der Waals surface area (Å²) in [5.41, 5.74) is 0.0843. The van der Waals surface area contributed by atoms with Crippen molar-refractivity contribution in [1.29, 1.82) is 0 Å². The van der Waals surface area contributed by atoms with Crippen LogP contribution in [0.25, 0.3) is 0 Å². The van der Waals surface area contributed by atoms with Gasteiger partial charge in [-0.25, -0.2) is 9.37 Å². The number of imidazole rings is 1. The second kappa shape index (κ2) is 6.77. The Morgan fingerprint density at radius 3 is 2.83 bits per heavy atom. The molecular weight excluding hydrogens is 387 g/mol. The van der Waals surface area contributed by atoms with E-state index in [9.17, 15) is 14.0 Å². The molecule has 2 amide bonds. The van der Waals surface area contributed by atoms with Crippen LogP contribution in [-0.2, 0) is 34.5 Å². The minimum absolute atomic E-state index is 0.0880. The average molecular weight is 410 g/mol. The van der Waals surface area contributed by atoms with E-state index in [4.69, 9.17) is 4.74 Å². The van der Waals surface area contributed by atoms with Crippen LogP contribution in [-0.4, -0.2) is 56.5 Å². The highest BCUT2D eigenvalue weighted by Gasteiger charge is 2.67. The van der Waals surface area contributed by atoms with Crippen LogP contribution in [0.5, 0.6) is 0 Å². The van der Waals surface area contributed by atoms with E-state index in [1.165, 1.54) is 12.1 Å². The molecule has 2 bridgehead atoms. The van der Waals surface area contributed by atoms with Crippen LogP contribution in [0.1, 0.15) is 11.4 Å². The molecule has 7 nitrogen and oxygen atoms in total. The molecule has 2 fully saturated rings. The van der Waals surface area contributed by atoms with Crippen molar-refractivity contribution in [3.63, 3.8) is 0 Å². The zero-order valence-corrected chi connectivity index (χ0v) is 16.9. The van der Waals surface area contributed by atoms with E-state index in [1.54, 1.807) is 35.2 Å². The second-order valence-electron chi connectivity index (χ2n) is 8.37. The van der Waals surface area contributed by atoms with E-state index >= 15 is 0 Å². The molecular formula is C22H23FN4O3. The predicted molar refractivity (Wildman–Crippen MR) is 105 cm³/mol. The number of ether oxygens (including phenoxy) is 1. The molecule has 156 valence electrons. The van der Waals surface area contributed by atoms with Crippen molar-refractivity contribution in [2.45, 2.75) is 24.8 Å². The van der Waals surface area contributed by atoms with Crippen molar-refractivity contribution in [3.05, 3.63) is 66.0 Å². The predicted octanol–water partition coefficient (Wildman–Crippen LogP) is 1.50. The lowest BCUT2D eigenvalue weighted by atomic mass is 9.76. The topological polar surface area (TPSA) is 67.7 Å². The summed E-state index contributed by atoms with van der Waals surface area (Å²) in [5.74, 6) is -0.828. The Bertz CT molecular complexity index is 1030. The molecule has 2 aromatic rings. The number of carbonyl (C=O) groups excluding carboxylic acids is 2. The molecule has 0 radical (unpaired) electrons. The molecule has 1 aromatic carbocycles. The SMILES string of the molecule is CN(Cc1nccn1C)C(=O)C1C2C(=O)N(Cc3ccc(F)cc3)C[C@]23C=C[C@H]1O3. The Kier molecular flexibility index (Phi) is 4.28. The Morgan fingerprint density at radius 1 is 1.37 bits per heavy atom. The van der Waals surface area contributed by atoms with Gasteiger partial charge in [-0.15, -0.1) is 0 Å². The van der Waals surface area contributed by atoms with Gasteiger partial charge in [0.2, 0.25) is 11.8 Å². The van der Waals surface area contributed by atoms with Gasteiger partial charge in [0.1, 0.15) is 17.2 Å². The highest BCUT2D eigenvalue weighted by Crippen LogP contribution is 2.52. The number of carbonyl (C=O) groups is 2. The van der Waals surface area contributed by atoms with Crippen LogP contribution < -0.4 is 0 Å². The Hall–Kier alpha value is -3.00. The van der Waals surface area contributed by atoms with Crippen LogP contribution in [0.3, 0.4) is 0 Å². The standard InChI is InChI=1S/C22H23FN4O3/c1-25-10-9-24-17(25)12-26(2)20(28)18-16-7-8-22(30-16)13-27(21(29)19(18)22)11-14-3-5-15(23)6-4-14/h3-10,16,18-19H,11-13H2,1-2H3/t16-,18?,19?,22-/m1/s1. The number of nitrogens with zero attached hydrogens (tertiary/aromatic N) is 4. The smallest absolute Gasteiger partial charge is 0.230 e. The Balaban J connectivity index is 1.36. The molecule has 8 heteroatoms. The van der Waals surface area contributed by atoms with Gasteiger partial charge in [-0.1, -0.05) is 24.3 Å². The molecule has 3 aliphatic heterocycles. The monoisotopic (exact) mass is 410 g/mol. The van der Waals surface area contributed by atoms with Crippen molar-refractivity contribution in [1.82, 2.24) is 19.4 Å². The lowest BCUT2D eigenvalue weighted by Crippen LogP contribution is -2.44. The molecule has 3 aliphatic rings. The molecule has 0 N–H and O–H groups in total. The van der Waals surface area contributed by atoms with E-state index in [-0.39, 0.29) is 23.7 Å². The molecule has 4 atom stereocenters. The van der Waals surface area contributed by atoms with Crippen LogP contribution in [0, 0.1) is 17.7 Å². The first kappa shape index (κ1) is 19.0. The summed E-state index contributed by atoms with van der Waals surface area (Å²) in [6.45, 7) is 1.12. The fraction of sp³-hybridized carbons (Fsp3) is 0.409. The zero-order chi connectivity index (χ0) is 21.0. The van der Waals surface area contributed by atoms with Gasteiger partial charge in [0.15, 0.2) is 0 Å². The summed E-state index contributed by atoms with van der Waals surface area (Å²) in [7, 11) is 3.61. The van der Waals surface area contributed by atoms with Gasteiger partial charge >= 0.3 is 0 Å². The van der Waals surface area contributed by atoms with E-state index in [2.05, 4.69) is 4.98 Å². The number of hydrogen-bond donors (Lipinski definition) is 0. The normalized spacial score (nSPS) is 29.0. The van der Waals surface area contributed by atoms with Crippen molar-refractivity contribution in [2.24, 2.45) is 18.9 Å². The van der Waals surface area contributed by atoms with E-state index in [1.807, 2.05) is 30.0 Å². The summed E-state index contributed by atoms with van der Waals surface area (Å²) in [6.07, 6.45) is 6.98. The molecule has 0 saturated carbocycles. The molecule has 1 aromatic heterocycles. The maximum absolute atomic E-state index is 13.3. The largest absolute Gasteiger partial charge is 0.360 e.